The van der Waals surface area contributed by atoms with E-state index >= 15 is 0 Å². The number of para-hydroxylation sites is 1. The highest BCUT2D eigenvalue weighted by Gasteiger charge is 2.34. The van der Waals surface area contributed by atoms with Gasteiger partial charge in [-0.3, -0.25) is 4.90 Å². The Morgan fingerprint density at radius 1 is 1.21 bits per heavy atom. The van der Waals surface area contributed by atoms with Crippen molar-refractivity contribution in [3.63, 3.8) is 0 Å². The summed E-state index contributed by atoms with van der Waals surface area (Å²) in [7, 11) is 0. The first-order chi connectivity index (χ1) is 9.01. The molecule has 1 atom stereocenters. The maximum absolute atomic E-state index is 12.3. The van der Waals surface area contributed by atoms with Gasteiger partial charge in [-0.05, 0) is 32.0 Å². The molecule has 0 bridgehead atoms. The highest BCUT2D eigenvalue weighted by atomic mass is 19.4. The third kappa shape index (κ3) is 3.38. The summed E-state index contributed by atoms with van der Waals surface area (Å²) >= 11 is 0. The van der Waals surface area contributed by atoms with Crippen LogP contribution in [0.5, 0.6) is 5.75 Å². The van der Waals surface area contributed by atoms with Crippen LogP contribution in [0.1, 0.15) is 24.4 Å². The van der Waals surface area contributed by atoms with Crippen LogP contribution < -0.4 is 4.74 Å². The average Bonchev–Trinajstić information content (AvgIpc) is 2.84. The van der Waals surface area contributed by atoms with Gasteiger partial charge in [-0.1, -0.05) is 18.2 Å². The van der Waals surface area contributed by atoms with Gasteiger partial charge in [-0.2, -0.15) is 5.26 Å². The molecule has 0 radical (unpaired) electrons. The van der Waals surface area contributed by atoms with Crippen LogP contribution >= 0.6 is 0 Å². The van der Waals surface area contributed by atoms with E-state index < -0.39 is 12.4 Å². The second-order valence-corrected chi connectivity index (χ2v) is 4.36. The van der Waals surface area contributed by atoms with Crippen LogP contribution in [-0.2, 0) is 0 Å². The number of rotatable bonds is 3. The van der Waals surface area contributed by atoms with E-state index in [1.807, 2.05) is 4.90 Å². The van der Waals surface area contributed by atoms with Gasteiger partial charge in [0.05, 0.1) is 6.07 Å². The molecule has 0 amide bonds. The van der Waals surface area contributed by atoms with Gasteiger partial charge in [0.25, 0.3) is 0 Å². The fraction of sp³-hybridized carbons (Fsp3) is 0.462. The lowest BCUT2D eigenvalue weighted by molar-refractivity contribution is -0.275. The normalized spacial score (nSPS) is 18.0. The number of benzene rings is 1. The van der Waals surface area contributed by atoms with E-state index in [1.54, 1.807) is 6.07 Å². The molecule has 1 heterocycles. The zero-order valence-electron chi connectivity index (χ0n) is 10.2. The predicted octanol–water partition coefficient (Wildman–Crippen LogP) is 3.25. The van der Waals surface area contributed by atoms with Gasteiger partial charge in [0.1, 0.15) is 11.8 Å². The summed E-state index contributed by atoms with van der Waals surface area (Å²) in [6, 6.07) is 7.19. The molecular weight excluding hydrogens is 257 g/mol. The van der Waals surface area contributed by atoms with Crippen LogP contribution in [0.15, 0.2) is 24.3 Å². The first kappa shape index (κ1) is 13.7. The van der Waals surface area contributed by atoms with Crippen molar-refractivity contribution in [1.82, 2.24) is 4.90 Å². The Labute approximate surface area is 109 Å². The largest absolute Gasteiger partial charge is 0.573 e. The van der Waals surface area contributed by atoms with Crippen molar-refractivity contribution >= 4 is 0 Å². The molecule has 1 aliphatic rings. The third-order valence-corrected chi connectivity index (χ3v) is 3.07. The SMILES string of the molecule is N#CC(c1ccccc1OC(F)(F)F)N1CCCC1. The van der Waals surface area contributed by atoms with Crippen molar-refractivity contribution in [3.05, 3.63) is 29.8 Å². The Morgan fingerprint density at radius 2 is 1.84 bits per heavy atom. The van der Waals surface area contributed by atoms with E-state index in [9.17, 15) is 18.4 Å². The molecule has 1 aliphatic heterocycles. The van der Waals surface area contributed by atoms with Crippen LogP contribution in [0.4, 0.5) is 13.2 Å². The topological polar surface area (TPSA) is 36.3 Å². The minimum atomic E-state index is -4.75. The number of likely N-dealkylation sites (tertiary alicyclic amines) is 1. The highest BCUT2D eigenvalue weighted by Crippen LogP contribution is 2.34. The summed E-state index contributed by atoms with van der Waals surface area (Å²) in [6.45, 7) is 1.44. The maximum atomic E-state index is 12.3. The lowest BCUT2D eigenvalue weighted by atomic mass is 10.1. The number of nitrogens with zero attached hydrogens (tertiary/aromatic N) is 2. The molecule has 1 unspecified atom stereocenters. The van der Waals surface area contributed by atoms with Crippen molar-refractivity contribution in [2.24, 2.45) is 0 Å². The fourth-order valence-corrected chi connectivity index (χ4v) is 2.27. The Bertz CT molecular complexity index is 476. The molecule has 0 aliphatic carbocycles. The Hall–Kier alpha value is -1.74. The Kier molecular flexibility index (Phi) is 3.96. The van der Waals surface area contributed by atoms with Crippen LogP contribution in [0, 0.1) is 11.3 Å². The second kappa shape index (κ2) is 5.49. The lowest BCUT2D eigenvalue weighted by Crippen LogP contribution is -2.26. The van der Waals surface area contributed by atoms with E-state index in [1.165, 1.54) is 18.2 Å². The van der Waals surface area contributed by atoms with Gasteiger partial charge in [0, 0.05) is 5.56 Å². The molecule has 2 rings (SSSR count). The molecule has 1 saturated heterocycles. The van der Waals surface area contributed by atoms with Gasteiger partial charge >= 0.3 is 6.36 Å². The molecule has 1 aromatic carbocycles. The van der Waals surface area contributed by atoms with E-state index in [-0.39, 0.29) is 11.3 Å². The van der Waals surface area contributed by atoms with Crippen molar-refractivity contribution in [3.8, 4) is 11.8 Å². The monoisotopic (exact) mass is 270 g/mol. The van der Waals surface area contributed by atoms with Crippen molar-refractivity contribution in [1.29, 1.82) is 5.26 Å². The molecular formula is C13H13F3N2O. The standard InChI is InChI=1S/C13H13F3N2O/c14-13(15,16)19-12-6-2-1-5-10(12)11(9-17)18-7-3-4-8-18/h1-2,5-6,11H,3-4,7-8H2. The molecule has 6 heteroatoms. The molecule has 0 aromatic heterocycles. The number of hydrogen-bond donors (Lipinski definition) is 0. The van der Waals surface area contributed by atoms with E-state index in [0.717, 1.165) is 25.9 Å². The van der Waals surface area contributed by atoms with Crippen LogP contribution in [0.2, 0.25) is 0 Å². The van der Waals surface area contributed by atoms with Gasteiger partial charge in [-0.25, -0.2) is 0 Å². The van der Waals surface area contributed by atoms with Crippen LogP contribution in [0.25, 0.3) is 0 Å². The first-order valence-electron chi connectivity index (χ1n) is 5.99. The molecule has 1 fully saturated rings. The van der Waals surface area contributed by atoms with Crippen LogP contribution in [0.3, 0.4) is 0 Å². The van der Waals surface area contributed by atoms with Gasteiger partial charge in [-0.15, -0.1) is 13.2 Å². The van der Waals surface area contributed by atoms with E-state index in [0.29, 0.717) is 0 Å². The summed E-state index contributed by atoms with van der Waals surface area (Å²) in [5.41, 5.74) is 0.268. The van der Waals surface area contributed by atoms with Gasteiger partial charge < -0.3 is 4.74 Å². The molecule has 1 aromatic rings. The van der Waals surface area contributed by atoms with Crippen molar-refractivity contribution < 1.29 is 17.9 Å². The quantitative estimate of drug-likeness (QED) is 0.846. The second-order valence-electron chi connectivity index (χ2n) is 4.36. The van der Waals surface area contributed by atoms with Gasteiger partial charge in [0.2, 0.25) is 0 Å². The zero-order chi connectivity index (χ0) is 13.9. The number of ether oxygens (including phenoxy) is 1. The summed E-state index contributed by atoms with van der Waals surface area (Å²) in [5.74, 6) is -0.298. The highest BCUT2D eigenvalue weighted by molar-refractivity contribution is 5.39. The van der Waals surface area contributed by atoms with E-state index in [2.05, 4.69) is 10.8 Å². The predicted molar refractivity (Wildman–Crippen MR) is 62.3 cm³/mol. The Balaban J connectivity index is 2.29. The van der Waals surface area contributed by atoms with Crippen LogP contribution in [-0.4, -0.2) is 24.4 Å². The maximum Gasteiger partial charge on any atom is 0.573 e. The molecule has 3 nitrogen and oxygen atoms in total. The number of nitriles is 1. The minimum absolute atomic E-state index is 0.268. The summed E-state index contributed by atoms with van der Waals surface area (Å²) in [5, 5.41) is 9.23. The molecule has 102 valence electrons. The smallest absolute Gasteiger partial charge is 0.405 e. The lowest BCUT2D eigenvalue weighted by Gasteiger charge is -2.23. The molecule has 0 spiro atoms. The molecule has 19 heavy (non-hydrogen) atoms. The van der Waals surface area contributed by atoms with Crippen molar-refractivity contribution in [2.45, 2.75) is 25.2 Å². The number of halogens is 3. The van der Waals surface area contributed by atoms with Crippen molar-refractivity contribution in [2.75, 3.05) is 13.1 Å². The molecule has 0 saturated carbocycles. The first-order valence-corrected chi connectivity index (χ1v) is 5.99. The average molecular weight is 270 g/mol. The minimum Gasteiger partial charge on any atom is -0.405 e. The molecule has 0 N–H and O–H groups in total. The summed E-state index contributed by atoms with van der Waals surface area (Å²) in [4.78, 5) is 1.87. The number of alkyl halides is 3. The third-order valence-electron chi connectivity index (χ3n) is 3.07. The fourth-order valence-electron chi connectivity index (χ4n) is 2.27. The number of hydrogen-bond acceptors (Lipinski definition) is 3. The zero-order valence-corrected chi connectivity index (χ0v) is 10.2. The van der Waals surface area contributed by atoms with Gasteiger partial charge in [0.15, 0.2) is 0 Å². The van der Waals surface area contributed by atoms with E-state index in [4.69, 9.17) is 0 Å². The Morgan fingerprint density at radius 3 is 2.42 bits per heavy atom. The summed E-state index contributed by atoms with van der Waals surface area (Å²) in [6.07, 6.45) is -2.83. The summed E-state index contributed by atoms with van der Waals surface area (Å²) < 4.78 is 41.0.